The van der Waals surface area contributed by atoms with Gasteiger partial charge in [0.25, 0.3) is 0 Å². The molecule has 0 saturated heterocycles. The van der Waals surface area contributed by atoms with Gasteiger partial charge in [0, 0.05) is 0 Å². The van der Waals surface area contributed by atoms with Gasteiger partial charge in [0.15, 0.2) is 6.79 Å². The molecule has 5 nitrogen and oxygen atoms in total. The van der Waals surface area contributed by atoms with Crippen molar-refractivity contribution < 1.29 is 23.8 Å². The van der Waals surface area contributed by atoms with Crippen LogP contribution in [0.5, 0.6) is 0 Å². The molecule has 0 heterocycles. The summed E-state index contributed by atoms with van der Waals surface area (Å²) < 4.78 is 17.6. The van der Waals surface area contributed by atoms with Crippen molar-refractivity contribution in [3.05, 3.63) is 0 Å². The van der Waals surface area contributed by atoms with Gasteiger partial charge >= 0.3 is 11.9 Å². The molecule has 0 aliphatic heterocycles. The quantitative estimate of drug-likeness (QED) is 0.234. The maximum atomic E-state index is 13.4. The highest BCUT2D eigenvalue weighted by Gasteiger charge is 2.68. The van der Waals surface area contributed by atoms with E-state index in [1.54, 1.807) is 0 Å². The number of hydrogen-bond donors (Lipinski definition) is 0. The highest BCUT2D eigenvalue weighted by atomic mass is 16.7. The second kappa shape index (κ2) is 11.5. The van der Waals surface area contributed by atoms with Crippen LogP contribution in [0.2, 0.25) is 0 Å². The Balaban J connectivity index is 1.51. The normalized spacial score (nSPS) is 32.0. The zero-order valence-electron chi connectivity index (χ0n) is 23.6. The Kier molecular flexibility index (Phi) is 9.37. The van der Waals surface area contributed by atoms with E-state index < -0.39 is 0 Å². The molecule has 3 rings (SSSR count). The second-order valence-electron chi connectivity index (χ2n) is 13.8. The lowest BCUT2D eigenvalue weighted by molar-refractivity contribution is -0.170. The molecule has 0 amide bonds. The molecule has 0 aromatic heterocycles. The summed E-state index contributed by atoms with van der Waals surface area (Å²) in [5.41, 5.74) is -0.273. The molecular weight excluding hydrogens is 440 g/mol. The summed E-state index contributed by atoms with van der Waals surface area (Å²) in [5.74, 6) is 0.680. The van der Waals surface area contributed by atoms with E-state index in [-0.39, 0.29) is 53.1 Å². The van der Waals surface area contributed by atoms with Crippen molar-refractivity contribution in [1.82, 2.24) is 0 Å². The number of ether oxygens (including phenoxy) is 3. The summed E-state index contributed by atoms with van der Waals surface area (Å²) in [6, 6.07) is 0. The third-order valence-electron chi connectivity index (χ3n) is 9.18. The molecule has 3 aliphatic carbocycles. The van der Waals surface area contributed by atoms with E-state index in [9.17, 15) is 9.59 Å². The third-order valence-corrected chi connectivity index (χ3v) is 9.18. The van der Waals surface area contributed by atoms with Crippen molar-refractivity contribution in [1.29, 1.82) is 0 Å². The number of hydrogen-bond acceptors (Lipinski definition) is 5. The van der Waals surface area contributed by atoms with Gasteiger partial charge in [0.1, 0.15) is 6.10 Å². The standard InChI is InChI=1S/C30H52O5/c1-8-24(35-27(32)30(18-28(3,4)5)19-29(30,6)7)17-23-16-22(15-14-21(23)2)26(31)34-20-33-25-12-10-9-11-13-25/h21-25H,8-20H2,1-7H3. The highest BCUT2D eigenvalue weighted by molar-refractivity contribution is 5.82. The molecule has 0 aromatic rings. The SMILES string of the molecule is CCC(CC1CC(C(=O)OCOC2CCCCC2)CCC1C)OC(=O)C1(CC(C)(C)C)CC1(C)C. The van der Waals surface area contributed by atoms with Crippen LogP contribution in [0.3, 0.4) is 0 Å². The van der Waals surface area contributed by atoms with Crippen LogP contribution in [0.1, 0.15) is 126 Å². The minimum atomic E-state index is -0.360. The molecule has 0 bridgehead atoms. The maximum absolute atomic E-state index is 13.4. The highest BCUT2D eigenvalue weighted by Crippen LogP contribution is 2.68. The summed E-state index contributed by atoms with van der Waals surface area (Å²) >= 11 is 0. The summed E-state index contributed by atoms with van der Waals surface area (Å²) in [7, 11) is 0. The van der Waals surface area contributed by atoms with Crippen LogP contribution in [-0.2, 0) is 23.8 Å². The molecule has 35 heavy (non-hydrogen) atoms. The predicted molar refractivity (Wildman–Crippen MR) is 139 cm³/mol. The summed E-state index contributed by atoms with van der Waals surface area (Å²) in [6.07, 6.45) is 12.1. The average molecular weight is 493 g/mol. The molecule has 0 spiro atoms. The van der Waals surface area contributed by atoms with Gasteiger partial charge in [-0.2, -0.15) is 0 Å². The van der Waals surface area contributed by atoms with Crippen LogP contribution in [0.15, 0.2) is 0 Å². The summed E-state index contributed by atoms with van der Waals surface area (Å²) in [5, 5.41) is 0. The number of carbonyl (C=O) groups is 2. The lowest BCUT2D eigenvalue weighted by Gasteiger charge is -2.36. The summed E-state index contributed by atoms with van der Waals surface area (Å²) in [4.78, 5) is 26.2. The Bertz CT molecular complexity index is 717. The van der Waals surface area contributed by atoms with E-state index in [0.29, 0.717) is 11.8 Å². The van der Waals surface area contributed by atoms with Crippen molar-refractivity contribution in [3.8, 4) is 0 Å². The van der Waals surface area contributed by atoms with Gasteiger partial charge in [0.2, 0.25) is 0 Å². The van der Waals surface area contributed by atoms with Gasteiger partial charge in [-0.15, -0.1) is 0 Å². The van der Waals surface area contributed by atoms with Gasteiger partial charge in [-0.25, -0.2) is 0 Å². The summed E-state index contributed by atoms with van der Waals surface area (Å²) in [6.45, 7) is 15.5. The molecule has 0 N–H and O–H groups in total. The second-order valence-corrected chi connectivity index (χ2v) is 13.8. The van der Waals surface area contributed by atoms with Crippen LogP contribution < -0.4 is 0 Å². The zero-order valence-corrected chi connectivity index (χ0v) is 23.6. The number of carbonyl (C=O) groups excluding carboxylic acids is 2. The van der Waals surface area contributed by atoms with Gasteiger partial charge in [-0.1, -0.05) is 67.7 Å². The minimum absolute atomic E-state index is 0.00232. The van der Waals surface area contributed by atoms with E-state index in [0.717, 1.165) is 57.8 Å². The first-order valence-corrected chi connectivity index (χ1v) is 14.4. The van der Waals surface area contributed by atoms with E-state index in [4.69, 9.17) is 14.2 Å². The van der Waals surface area contributed by atoms with E-state index in [1.165, 1.54) is 19.3 Å². The van der Waals surface area contributed by atoms with Crippen molar-refractivity contribution in [3.63, 3.8) is 0 Å². The Morgan fingerprint density at radius 2 is 1.69 bits per heavy atom. The van der Waals surface area contributed by atoms with Crippen LogP contribution in [0.4, 0.5) is 0 Å². The maximum Gasteiger partial charge on any atom is 0.312 e. The first-order valence-electron chi connectivity index (χ1n) is 14.4. The number of rotatable bonds is 10. The van der Waals surface area contributed by atoms with E-state index >= 15 is 0 Å². The monoisotopic (exact) mass is 492 g/mol. The molecule has 5 heteroatoms. The fourth-order valence-corrected chi connectivity index (χ4v) is 6.73. The van der Waals surface area contributed by atoms with E-state index in [2.05, 4.69) is 48.5 Å². The molecule has 3 fully saturated rings. The molecule has 0 aromatic carbocycles. The van der Waals surface area contributed by atoms with Crippen LogP contribution >= 0.6 is 0 Å². The third kappa shape index (κ3) is 7.46. The largest absolute Gasteiger partial charge is 0.462 e. The van der Waals surface area contributed by atoms with Gasteiger partial charge in [-0.05, 0) is 80.5 Å². The molecule has 5 unspecified atom stereocenters. The fourth-order valence-electron chi connectivity index (χ4n) is 6.73. The van der Waals surface area contributed by atoms with Crippen LogP contribution in [0, 0.1) is 34.0 Å². The molecule has 3 aliphatic rings. The molecule has 0 radical (unpaired) electrons. The lowest BCUT2D eigenvalue weighted by atomic mass is 9.72. The molecule has 3 saturated carbocycles. The first kappa shape index (κ1) is 28.5. The van der Waals surface area contributed by atoms with Crippen molar-refractivity contribution in [2.45, 2.75) is 138 Å². The predicted octanol–water partition coefficient (Wildman–Crippen LogP) is 7.45. The topological polar surface area (TPSA) is 61.8 Å². The zero-order chi connectivity index (χ0) is 25.9. The Labute approximate surface area is 214 Å². The Morgan fingerprint density at radius 1 is 1.03 bits per heavy atom. The van der Waals surface area contributed by atoms with Crippen LogP contribution in [0.25, 0.3) is 0 Å². The average Bonchev–Trinajstić information content (AvgIpc) is 3.34. The molecule has 5 atom stereocenters. The lowest BCUT2D eigenvalue weighted by Crippen LogP contribution is -2.35. The Hall–Kier alpha value is -1.10. The first-order chi connectivity index (χ1) is 16.4. The molecular formula is C30H52O5. The van der Waals surface area contributed by atoms with Gasteiger partial charge < -0.3 is 14.2 Å². The minimum Gasteiger partial charge on any atom is -0.462 e. The number of esters is 2. The fraction of sp³-hybridized carbons (Fsp3) is 0.933. The van der Waals surface area contributed by atoms with Crippen molar-refractivity contribution in [2.75, 3.05) is 6.79 Å². The smallest absolute Gasteiger partial charge is 0.312 e. The van der Waals surface area contributed by atoms with Crippen molar-refractivity contribution >= 4 is 11.9 Å². The van der Waals surface area contributed by atoms with Gasteiger partial charge in [-0.3, -0.25) is 9.59 Å². The molecule has 202 valence electrons. The Morgan fingerprint density at radius 3 is 2.26 bits per heavy atom. The van der Waals surface area contributed by atoms with Crippen LogP contribution in [-0.4, -0.2) is 30.9 Å². The van der Waals surface area contributed by atoms with E-state index in [1.807, 2.05) is 0 Å². The van der Waals surface area contributed by atoms with Gasteiger partial charge in [0.05, 0.1) is 17.4 Å². The van der Waals surface area contributed by atoms with Crippen molar-refractivity contribution in [2.24, 2.45) is 34.0 Å².